The molecule has 2 N–H and O–H groups in total. The minimum absolute atomic E-state index is 0.0115. The summed E-state index contributed by atoms with van der Waals surface area (Å²) < 4.78 is 24.3. The number of sulfone groups is 1. The summed E-state index contributed by atoms with van der Waals surface area (Å²) in [5, 5.41) is 10.5. The van der Waals surface area contributed by atoms with Crippen LogP contribution in [-0.4, -0.2) is 58.2 Å². The fourth-order valence-corrected chi connectivity index (χ4v) is 4.13. The van der Waals surface area contributed by atoms with Crippen molar-refractivity contribution >= 4 is 32.6 Å². The van der Waals surface area contributed by atoms with E-state index >= 15 is 0 Å². The van der Waals surface area contributed by atoms with Crippen LogP contribution in [0, 0.1) is 0 Å². The number of aromatic nitrogens is 4. The van der Waals surface area contributed by atoms with Crippen LogP contribution in [0.5, 0.6) is 0 Å². The van der Waals surface area contributed by atoms with Crippen LogP contribution in [0.2, 0.25) is 0 Å². The number of rotatable bonds is 4. The molecule has 0 aromatic carbocycles. The first-order chi connectivity index (χ1) is 10.4. The first-order valence-corrected chi connectivity index (χ1v) is 8.63. The molecule has 1 aliphatic heterocycles. The van der Waals surface area contributed by atoms with Gasteiger partial charge in [0.25, 0.3) is 0 Å². The number of hydrogen-bond acceptors (Lipinski definition) is 7. The maximum absolute atomic E-state index is 11.9. The number of fused-ring (bicyclic) bond motifs is 1. The quantitative estimate of drug-likeness (QED) is 0.746. The van der Waals surface area contributed by atoms with Crippen LogP contribution in [0.4, 0.5) is 5.82 Å². The van der Waals surface area contributed by atoms with E-state index in [1.54, 1.807) is 17.9 Å². The van der Waals surface area contributed by atoms with Crippen molar-refractivity contribution in [3.8, 4) is 0 Å². The van der Waals surface area contributed by atoms with Gasteiger partial charge in [-0.2, -0.15) is 5.10 Å². The number of nitrogens with zero attached hydrogens (tertiary/aromatic N) is 4. The number of nitrogens with one attached hydrogen (secondary N) is 2. The fraction of sp³-hybridized carbons (Fsp3) is 0.500. The summed E-state index contributed by atoms with van der Waals surface area (Å²) >= 11 is 0. The monoisotopic (exact) mass is 324 g/mol. The van der Waals surface area contributed by atoms with Crippen molar-refractivity contribution in [2.45, 2.75) is 12.5 Å². The molecule has 1 unspecified atom stereocenters. The van der Waals surface area contributed by atoms with Gasteiger partial charge in [-0.3, -0.25) is 9.48 Å². The summed E-state index contributed by atoms with van der Waals surface area (Å²) in [6.07, 6.45) is 3.49. The number of amides is 1. The molecule has 3 rings (SSSR count). The van der Waals surface area contributed by atoms with Gasteiger partial charge < -0.3 is 10.6 Å². The molecule has 118 valence electrons. The van der Waals surface area contributed by atoms with Gasteiger partial charge in [0.05, 0.1) is 29.6 Å². The lowest BCUT2D eigenvalue weighted by Crippen LogP contribution is -2.39. The maximum atomic E-state index is 11.9. The lowest BCUT2D eigenvalue weighted by atomic mass is 10.2. The average Bonchev–Trinajstić information content (AvgIpc) is 3.00. The molecule has 1 atom stereocenters. The normalized spacial score (nSPS) is 20.1. The second kappa shape index (κ2) is 5.52. The predicted octanol–water partition coefficient (Wildman–Crippen LogP) is -0.921. The van der Waals surface area contributed by atoms with Gasteiger partial charge in [0.2, 0.25) is 5.91 Å². The number of anilines is 1. The molecule has 3 heterocycles. The van der Waals surface area contributed by atoms with E-state index in [4.69, 9.17) is 0 Å². The first-order valence-electron chi connectivity index (χ1n) is 6.81. The predicted molar refractivity (Wildman–Crippen MR) is 80.0 cm³/mol. The lowest BCUT2D eigenvalue weighted by Gasteiger charge is -2.11. The molecular weight excluding hydrogens is 308 g/mol. The highest BCUT2D eigenvalue weighted by atomic mass is 32.2. The molecule has 1 fully saturated rings. The van der Waals surface area contributed by atoms with Crippen molar-refractivity contribution < 1.29 is 13.2 Å². The molecule has 2 aromatic heterocycles. The number of carbonyl (C=O) groups excluding carboxylic acids is 1. The fourth-order valence-electron chi connectivity index (χ4n) is 2.45. The third-order valence-corrected chi connectivity index (χ3v) is 5.31. The van der Waals surface area contributed by atoms with Gasteiger partial charge in [-0.05, 0) is 6.42 Å². The highest BCUT2D eigenvalue weighted by Crippen LogP contribution is 2.17. The van der Waals surface area contributed by atoms with E-state index in [1.807, 2.05) is 0 Å². The summed E-state index contributed by atoms with van der Waals surface area (Å²) in [7, 11) is -1.23. The van der Waals surface area contributed by atoms with Crippen molar-refractivity contribution in [2.75, 3.05) is 23.4 Å². The number of aryl methyl sites for hydroxylation is 1. The van der Waals surface area contributed by atoms with Crippen LogP contribution in [-0.2, 0) is 21.7 Å². The molecule has 1 amide bonds. The Labute approximate surface area is 127 Å². The smallest absolute Gasteiger partial charge is 0.239 e. The second-order valence-electron chi connectivity index (χ2n) is 5.25. The zero-order valence-corrected chi connectivity index (χ0v) is 12.8. The SMILES string of the molecule is Cn1ncc2c(NCC(=O)NC3CCS(=O)(=O)C3)ncnc21. The van der Waals surface area contributed by atoms with Crippen molar-refractivity contribution in [1.29, 1.82) is 0 Å². The summed E-state index contributed by atoms with van der Waals surface area (Å²) in [6, 6.07) is -0.303. The van der Waals surface area contributed by atoms with Gasteiger partial charge in [-0.25, -0.2) is 18.4 Å². The molecule has 2 aromatic rings. The molecule has 1 aliphatic rings. The van der Waals surface area contributed by atoms with E-state index in [9.17, 15) is 13.2 Å². The summed E-state index contributed by atoms with van der Waals surface area (Å²) in [5.74, 6) is 0.400. The van der Waals surface area contributed by atoms with Gasteiger partial charge in [-0.15, -0.1) is 0 Å². The van der Waals surface area contributed by atoms with Gasteiger partial charge in [-0.1, -0.05) is 0 Å². The molecule has 0 spiro atoms. The van der Waals surface area contributed by atoms with Crippen LogP contribution in [0.3, 0.4) is 0 Å². The van der Waals surface area contributed by atoms with Gasteiger partial charge >= 0.3 is 0 Å². The zero-order valence-electron chi connectivity index (χ0n) is 12.0. The summed E-state index contributed by atoms with van der Waals surface area (Å²) in [6.45, 7) is 0.0115. The third kappa shape index (κ3) is 3.01. The molecular formula is C12H16N6O3S. The number of carbonyl (C=O) groups is 1. The van der Waals surface area contributed by atoms with Gasteiger partial charge in [0.1, 0.15) is 12.1 Å². The minimum atomic E-state index is -3.00. The first kappa shape index (κ1) is 14.7. The molecule has 22 heavy (non-hydrogen) atoms. The standard InChI is InChI=1S/C12H16N6O3S/c1-18-12-9(4-16-18)11(14-7-15-12)13-5-10(19)17-8-2-3-22(20,21)6-8/h4,7-8H,2-3,5-6H2,1H3,(H,17,19)(H,13,14,15). The van der Waals surface area contributed by atoms with Crippen LogP contribution >= 0.6 is 0 Å². The Morgan fingerprint density at radius 3 is 3.00 bits per heavy atom. The molecule has 0 bridgehead atoms. The van der Waals surface area contributed by atoms with E-state index in [2.05, 4.69) is 25.7 Å². The Kier molecular flexibility index (Phi) is 3.69. The van der Waals surface area contributed by atoms with E-state index in [0.717, 1.165) is 5.39 Å². The zero-order chi connectivity index (χ0) is 15.7. The van der Waals surface area contributed by atoms with Crippen molar-refractivity contribution in [2.24, 2.45) is 7.05 Å². The topological polar surface area (TPSA) is 119 Å². The maximum Gasteiger partial charge on any atom is 0.239 e. The second-order valence-corrected chi connectivity index (χ2v) is 7.48. The summed E-state index contributed by atoms with van der Waals surface area (Å²) in [4.78, 5) is 20.1. The largest absolute Gasteiger partial charge is 0.360 e. The Morgan fingerprint density at radius 1 is 1.45 bits per heavy atom. The Bertz CT molecular complexity index is 815. The molecule has 9 nitrogen and oxygen atoms in total. The van der Waals surface area contributed by atoms with Crippen LogP contribution in [0.25, 0.3) is 11.0 Å². The average molecular weight is 324 g/mol. The Hall–Kier alpha value is -2.23. The molecule has 10 heteroatoms. The molecule has 1 saturated heterocycles. The van der Waals surface area contributed by atoms with Crippen molar-refractivity contribution in [3.63, 3.8) is 0 Å². The minimum Gasteiger partial charge on any atom is -0.360 e. The molecule has 0 aliphatic carbocycles. The lowest BCUT2D eigenvalue weighted by molar-refractivity contribution is -0.119. The van der Waals surface area contributed by atoms with Gasteiger partial charge in [0.15, 0.2) is 15.5 Å². The van der Waals surface area contributed by atoms with Crippen LogP contribution in [0.1, 0.15) is 6.42 Å². The highest BCUT2D eigenvalue weighted by Gasteiger charge is 2.28. The van der Waals surface area contributed by atoms with E-state index in [1.165, 1.54) is 6.33 Å². The van der Waals surface area contributed by atoms with Crippen molar-refractivity contribution in [1.82, 2.24) is 25.1 Å². The van der Waals surface area contributed by atoms with Crippen LogP contribution in [0.15, 0.2) is 12.5 Å². The third-order valence-electron chi connectivity index (χ3n) is 3.54. The number of hydrogen-bond donors (Lipinski definition) is 2. The van der Waals surface area contributed by atoms with E-state index in [0.29, 0.717) is 17.9 Å². The van der Waals surface area contributed by atoms with E-state index < -0.39 is 9.84 Å². The molecule has 0 radical (unpaired) electrons. The summed E-state index contributed by atoms with van der Waals surface area (Å²) in [5.41, 5.74) is 0.666. The molecule has 0 saturated carbocycles. The van der Waals surface area contributed by atoms with Crippen LogP contribution < -0.4 is 10.6 Å². The van der Waals surface area contributed by atoms with E-state index in [-0.39, 0.29) is 30.0 Å². The highest BCUT2D eigenvalue weighted by molar-refractivity contribution is 7.91. The Morgan fingerprint density at radius 2 is 2.27 bits per heavy atom. The van der Waals surface area contributed by atoms with Gasteiger partial charge in [0, 0.05) is 13.1 Å². The Balaban J connectivity index is 1.61. The van der Waals surface area contributed by atoms with Crippen molar-refractivity contribution in [3.05, 3.63) is 12.5 Å².